The summed E-state index contributed by atoms with van der Waals surface area (Å²) >= 11 is 0. The molecule has 1 amide bonds. The van der Waals surface area contributed by atoms with Gasteiger partial charge in [0.1, 0.15) is 0 Å². The van der Waals surface area contributed by atoms with Gasteiger partial charge >= 0.3 is 6.01 Å². The average Bonchev–Trinajstić information content (AvgIpc) is 2.67. The van der Waals surface area contributed by atoms with Gasteiger partial charge in [-0.3, -0.25) is 10.1 Å². The number of carbonyl (C=O) groups is 1. The molecule has 3 N–H and O–H groups in total. The normalized spacial score (nSPS) is 11.5. The summed E-state index contributed by atoms with van der Waals surface area (Å²) in [7, 11) is 0. The van der Waals surface area contributed by atoms with E-state index in [4.69, 9.17) is 10.3 Å². The predicted molar refractivity (Wildman–Crippen MR) is 59.7 cm³/mol. The number of amides is 1. The number of aryl methyl sites for hydroxylation is 1. The maximum atomic E-state index is 12.0. The fourth-order valence-corrected chi connectivity index (χ4v) is 1.53. The number of aromatic nitrogens is 2. The molecule has 0 fully saturated rings. The van der Waals surface area contributed by atoms with E-state index >= 15 is 0 Å². The molecule has 0 aromatic carbocycles. The maximum Gasteiger partial charge on any atom is 0.328 e. The lowest BCUT2D eigenvalue weighted by atomic mass is 9.81. The van der Waals surface area contributed by atoms with Crippen molar-refractivity contribution in [1.82, 2.24) is 10.1 Å². The topological polar surface area (TPSA) is 94.0 Å². The third-order valence-corrected chi connectivity index (χ3v) is 2.97. The molecule has 0 saturated heterocycles. The highest BCUT2D eigenvalue weighted by Crippen LogP contribution is 2.26. The van der Waals surface area contributed by atoms with Gasteiger partial charge in [-0.15, -0.1) is 0 Å². The van der Waals surface area contributed by atoms with E-state index in [1.807, 2.05) is 13.8 Å². The van der Waals surface area contributed by atoms with Crippen LogP contribution in [-0.2, 0) is 4.79 Å². The molecule has 0 bridgehead atoms. The highest BCUT2D eigenvalue weighted by molar-refractivity contribution is 5.93. The molecule has 90 valence electrons. The Morgan fingerprint density at radius 3 is 2.50 bits per heavy atom. The molecule has 1 rings (SSSR count). The number of rotatable bonds is 5. The Kier molecular flexibility index (Phi) is 4.00. The monoisotopic (exact) mass is 226 g/mol. The molecular formula is C10H18N4O2. The molecule has 1 aromatic rings. The molecule has 6 nitrogen and oxygen atoms in total. The van der Waals surface area contributed by atoms with Crippen LogP contribution in [0.2, 0.25) is 0 Å². The SMILES string of the molecule is CCC(CC)(CN)C(=O)Nc1nc(C)no1. The van der Waals surface area contributed by atoms with Crippen molar-refractivity contribution < 1.29 is 9.32 Å². The Bertz CT molecular complexity index is 349. The van der Waals surface area contributed by atoms with Gasteiger partial charge in [0.15, 0.2) is 5.82 Å². The molecule has 1 aromatic heterocycles. The van der Waals surface area contributed by atoms with Gasteiger partial charge in [-0.25, -0.2) is 0 Å². The summed E-state index contributed by atoms with van der Waals surface area (Å²) in [4.78, 5) is 15.9. The minimum atomic E-state index is -0.553. The highest BCUT2D eigenvalue weighted by Gasteiger charge is 2.34. The number of hydrogen-bond donors (Lipinski definition) is 2. The standard InChI is InChI=1S/C10H18N4O2/c1-4-10(5-2,6-11)8(15)13-9-12-7(3)14-16-9/h4-6,11H2,1-3H3,(H,12,13,14,15). The van der Waals surface area contributed by atoms with Gasteiger partial charge in [-0.2, -0.15) is 4.98 Å². The Balaban J connectivity index is 2.77. The van der Waals surface area contributed by atoms with Crippen LogP contribution in [0.1, 0.15) is 32.5 Å². The molecule has 0 aliphatic rings. The van der Waals surface area contributed by atoms with Crippen LogP contribution in [0.25, 0.3) is 0 Å². The molecule has 0 unspecified atom stereocenters. The first-order valence-electron chi connectivity index (χ1n) is 5.39. The lowest BCUT2D eigenvalue weighted by Crippen LogP contribution is -2.41. The predicted octanol–water partition coefficient (Wildman–Crippen LogP) is 1.08. The molecular weight excluding hydrogens is 208 g/mol. The van der Waals surface area contributed by atoms with Crippen LogP contribution in [0.4, 0.5) is 6.01 Å². The number of carbonyl (C=O) groups excluding carboxylic acids is 1. The zero-order valence-electron chi connectivity index (χ0n) is 9.91. The zero-order chi connectivity index (χ0) is 12.2. The lowest BCUT2D eigenvalue weighted by molar-refractivity contribution is -0.125. The quantitative estimate of drug-likeness (QED) is 0.783. The molecule has 0 aliphatic heterocycles. The van der Waals surface area contributed by atoms with E-state index in [9.17, 15) is 4.79 Å². The molecule has 0 spiro atoms. The summed E-state index contributed by atoms with van der Waals surface area (Å²) in [5, 5.41) is 6.19. The third-order valence-electron chi connectivity index (χ3n) is 2.97. The largest absolute Gasteiger partial charge is 0.329 e. The lowest BCUT2D eigenvalue weighted by Gasteiger charge is -2.27. The number of hydrogen-bond acceptors (Lipinski definition) is 5. The van der Waals surface area contributed by atoms with Crippen molar-refractivity contribution in [2.24, 2.45) is 11.1 Å². The van der Waals surface area contributed by atoms with Crippen LogP contribution < -0.4 is 11.1 Å². The minimum absolute atomic E-state index is 0.127. The van der Waals surface area contributed by atoms with E-state index in [1.165, 1.54) is 0 Å². The minimum Gasteiger partial charge on any atom is -0.329 e. The first-order valence-corrected chi connectivity index (χ1v) is 5.39. The first kappa shape index (κ1) is 12.6. The highest BCUT2D eigenvalue weighted by atomic mass is 16.5. The maximum absolute atomic E-state index is 12.0. The first-order chi connectivity index (χ1) is 7.57. The van der Waals surface area contributed by atoms with Gasteiger partial charge < -0.3 is 10.3 Å². The van der Waals surface area contributed by atoms with Crippen molar-refractivity contribution in [2.45, 2.75) is 33.6 Å². The van der Waals surface area contributed by atoms with Gasteiger partial charge in [0.05, 0.1) is 5.41 Å². The molecule has 0 aliphatic carbocycles. The van der Waals surface area contributed by atoms with Crippen molar-refractivity contribution in [3.05, 3.63) is 5.82 Å². The van der Waals surface area contributed by atoms with Crippen LogP contribution in [0.15, 0.2) is 4.52 Å². The summed E-state index contributed by atoms with van der Waals surface area (Å²) < 4.78 is 4.83. The van der Waals surface area contributed by atoms with Gasteiger partial charge in [0.25, 0.3) is 0 Å². The van der Waals surface area contributed by atoms with Crippen molar-refractivity contribution in [2.75, 3.05) is 11.9 Å². The summed E-state index contributed by atoms with van der Waals surface area (Å²) in [6.07, 6.45) is 1.36. The molecule has 0 atom stereocenters. The second kappa shape index (κ2) is 5.07. The Hall–Kier alpha value is -1.43. The molecule has 0 radical (unpaired) electrons. The van der Waals surface area contributed by atoms with Gasteiger partial charge in [-0.1, -0.05) is 19.0 Å². The summed E-state index contributed by atoms with van der Waals surface area (Å²) in [5.74, 6) is 0.324. The van der Waals surface area contributed by atoms with Crippen LogP contribution in [0.3, 0.4) is 0 Å². The Morgan fingerprint density at radius 1 is 1.50 bits per heavy atom. The second-order valence-corrected chi connectivity index (χ2v) is 3.79. The van der Waals surface area contributed by atoms with Crippen LogP contribution in [0, 0.1) is 12.3 Å². The van der Waals surface area contributed by atoms with Crippen molar-refractivity contribution in [3.63, 3.8) is 0 Å². The molecule has 6 heteroatoms. The Labute approximate surface area is 94.6 Å². The Morgan fingerprint density at radius 2 is 2.12 bits per heavy atom. The van der Waals surface area contributed by atoms with Crippen molar-refractivity contribution in [3.8, 4) is 0 Å². The van der Waals surface area contributed by atoms with Gasteiger partial charge in [0, 0.05) is 6.54 Å². The number of anilines is 1. The molecule has 16 heavy (non-hydrogen) atoms. The number of nitrogens with one attached hydrogen (secondary N) is 1. The number of nitrogens with two attached hydrogens (primary N) is 1. The van der Waals surface area contributed by atoms with Crippen LogP contribution in [0.5, 0.6) is 0 Å². The van der Waals surface area contributed by atoms with E-state index in [1.54, 1.807) is 6.92 Å². The fraction of sp³-hybridized carbons (Fsp3) is 0.700. The third kappa shape index (κ3) is 2.38. The van der Waals surface area contributed by atoms with E-state index in [0.717, 1.165) is 0 Å². The van der Waals surface area contributed by atoms with Gasteiger partial charge in [0.2, 0.25) is 5.91 Å². The fourth-order valence-electron chi connectivity index (χ4n) is 1.53. The van der Waals surface area contributed by atoms with E-state index < -0.39 is 5.41 Å². The summed E-state index contributed by atoms with van der Waals surface area (Å²) in [6, 6.07) is 0.127. The van der Waals surface area contributed by atoms with E-state index in [-0.39, 0.29) is 11.9 Å². The van der Waals surface area contributed by atoms with E-state index in [0.29, 0.717) is 25.2 Å². The molecule has 0 saturated carbocycles. The zero-order valence-corrected chi connectivity index (χ0v) is 9.91. The van der Waals surface area contributed by atoms with Crippen molar-refractivity contribution in [1.29, 1.82) is 0 Å². The average molecular weight is 226 g/mol. The summed E-state index contributed by atoms with van der Waals surface area (Å²) in [5.41, 5.74) is 5.11. The summed E-state index contributed by atoms with van der Waals surface area (Å²) in [6.45, 7) is 5.87. The van der Waals surface area contributed by atoms with E-state index in [2.05, 4.69) is 15.5 Å². The number of nitrogens with zero attached hydrogens (tertiary/aromatic N) is 2. The smallest absolute Gasteiger partial charge is 0.328 e. The van der Waals surface area contributed by atoms with Crippen LogP contribution >= 0.6 is 0 Å². The van der Waals surface area contributed by atoms with Crippen LogP contribution in [-0.4, -0.2) is 22.6 Å². The van der Waals surface area contributed by atoms with Gasteiger partial charge in [-0.05, 0) is 19.8 Å². The molecule has 1 heterocycles. The van der Waals surface area contributed by atoms with Crippen molar-refractivity contribution >= 4 is 11.9 Å². The second-order valence-electron chi connectivity index (χ2n) is 3.79.